The van der Waals surface area contributed by atoms with E-state index in [2.05, 4.69) is 84.0 Å². The fourth-order valence-corrected chi connectivity index (χ4v) is 8.67. The highest BCUT2D eigenvalue weighted by Crippen LogP contribution is 2.38. The number of benzene rings is 2. The molecule has 294 valence electrons. The van der Waals surface area contributed by atoms with Crippen molar-refractivity contribution >= 4 is 45.9 Å². The molecule has 0 saturated carbocycles. The maximum absolute atomic E-state index is 13.6. The Morgan fingerprint density at radius 2 is 1.42 bits per heavy atom. The smallest absolute Gasteiger partial charge is 0.412 e. The molecule has 2 aromatic carbocycles. The number of piperazine rings is 1. The summed E-state index contributed by atoms with van der Waals surface area (Å²) in [6, 6.07) is 15.5. The maximum Gasteiger partial charge on any atom is 0.412 e. The summed E-state index contributed by atoms with van der Waals surface area (Å²) in [6.45, 7) is 28.9. The fraction of sp³-hybridized carbons (Fsp3) is 0.628. The van der Waals surface area contributed by atoms with Gasteiger partial charge in [-0.1, -0.05) is 98.5 Å². The van der Waals surface area contributed by atoms with E-state index in [0.29, 0.717) is 35.6 Å². The quantitative estimate of drug-likeness (QED) is 0.106. The summed E-state index contributed by atoms with van der Waals surface area (Å²) in [5.74, 6) is 1.17. The van der Waals surface area contributed by atoms with Gasteiger partial charge in [-0.15, -0.1) is 0 Å². The molecule has 0 radical (unpaired) electrons. The first kappa shape index (κ1) is 42.8. The Labute approximate surface area is 329 Å². The third kappa shape index (κ3) is 14.3. The van der Waals surface area contributed by atoms with Crippen molar-refractivity contribution in [2.24, 2.45) is 21.7 Å². The third-order valence-electron chi connectivity index (χ3n) is 9.32. The molecule has 0 atom stereocenters. The van der Waals surface area contributed by atoms with Gasteiger partial charge in [0.1, 0.15) is 5.75 Å². The average Bonchev–Trinajstić information content (AvgIpc) is 3.03. The van der Waals surface area contributed by atoms with Crippen LogP contribution < -0.4 is 14.4 Å². The van der Waals surface area contributed by atoms with Crippen LogP contribution in [0.2, 0.25) is 10.0 Å². The Bertz CT molecular complexity index is 1610. The summed E-state index contributed by atoms with van der Waals surface area (Å²) < 4.78 is 17.7. The predicted octanol–water partition coefficient (Wildman–Crippen LogP) is 11.2. The Kier molecular flexibility index (Phi) is 14.6. The lowest BCUT2D eigenvalue weighted by molar-refractivity contribution is 0.0112. The Balaban J connectivity index is 1.25. The van der Waals surface area contributed by atoms with Gasteiger partial charge >= 0.3 is 6.09 Å². The van der Waals surface area contributed by atoms with Gasteiger partial charge in [0.15, 0.2) is 0 Å². The van der Waals surface area contributed by atoms with Crippen LogP contribution >= 0.6 is 23.2 Å². The Morgan fingerprint density at radius 1 is 0.792 bits per heavy atom. The van der Waals surface area contributed by atoms with E-state index in [1.165, 1.54) is 0 Å². The highest BCUT2D eigenvalue weighted by Gasteiger charge is 2.35. The first-order chi connectivity index (χ1) is 24.7. The molecular formula is C43H64Cl2N4O4. The van der Waals surface area contributed by atoms with Crippen molar-refractivity contribution in [1.29, 1.82) is 0 Å². The zero-order valence-corrected chi connectivity index (χ0v) is 35.5. The number of unbranched alkanes of at least 4 members (excludes halogenated alkanes) is 1. The highest BCUT2D eigenvalue weighted by atomic mass is 35.5. The van der Waals surface area contributed by atoms with Crippen LogP contribution in [0.3, 0.4) is 0 Å². The SMILES string of the molecule is CC(C)(C)CC(C)(C)CN(CC(C)(C)CC(C)(C)C)C(=O)OCOc1ccc2ccc(OCCCCN3CCN(c4cccc(Cl)c4Cl)CC3)cc2n1. The van der Waals surface area contributed by atoms with E-state index in [1.54, 1.807) is 6.07 Å². The van der Waals surface area contributed by atoms with E-state index in [9.17, 15) is 4.79 Å². The van der Waals surface area contributed by atoms with E-state index in [4.69, 9.17) is 37.4 Å². The summed E-state index contributed by atoms with van der Waals surface area (Å²) in [7, 11) is 0. The number of carbonyl (C=O) groups is 1. The van der Waals surface area contributed by atoms with Gasteiger partial charge in [-0.2, -0.15) is 0 Å². The summed E-state index contributed by atoms with van der Waals surface area (Å²) in [6.07, 6.45) is 3.60. The van der Waals surface area contributed by atoms with E-state index in [0.717, 1.165) is 80.7 Å². The number of fused-ring (bicyclic) bond motifs is 1. The van der Waals surface area contributed by atoms with Crippen molar-refractivity contribution in [1.82, 2.24) is 14.8 Å². The molecule has 4 rings (SSSR count). The van der Waals surface area contributed by atoms with E-state index in [1.807, 2.05) is 47.4 Å². The average molecular weight is 772 g/mol. The van der Waals surface area contributed by atoms with Gasteiger partial charge < -0.3 is 24.0 Å². The lowest BCUT2D eigenvalue weighted by Gasteiger charge is -2.41. The second kappa shape index (κ2) is 18.1. The van der Waals surface area contributed by atoms with Crippen LogP contribution in [-0.4, -0.2) is 80.1 Å². The first-order valence-corrected chi connectivity index (χ1v) is 19.9. The number of rotatable bonds is 16. The van der Waals surface area contributed by atoms with Crippen LogP contribution in [0, 0.1) is 21.7 Å². The fourth-order valence-electron chi connectivity index (χ4n) is 8.26. The van der Waals surface area contributed by atoms with Crippen molar-refractivity contribution in [3.8, 4) is 11.6 Å². The van der Waals surface area contributed by atoms with Gasteiger partial charge in [0.25, 0.3) is 0 Å². The number of pyridine rings is 1. The van der Waals surface area contributed by atoms with E-state index in [-0.39, 0.29) is 34.5 Å². The van der Waals surface area contributed by atoms with Crippen LogP contribution in [0.25, 0.3) is 10.9 Å². The largest absolute Gasteiger partial charge is 0.494 e. The van der Waals surface area contributed by atoms with Crippen LogP contribution in [0.1, 0.15) is 94.9 Å². The van der Waals surface area contributed by atoms with Crippen molar-refractivity contribution < 1.29 is 19.0 Å². The maximum atomic E-state index is 13.6. The van der Waals surface area contributed by atoms with Crippen LogP contribution in [0.4, 0.5) is 10.5 Å². The summed E-state index contributed by atoms with van der Waals surface area (Å²) in [5, 5.41) is 2.21. The lowest BCUT2D eigenvalue weighted by atomic mass is 9.74. The Morgan fingerprint density at radius 3 is 2.04 bits per heavy atom. The first-order valence-electron chi connectivity index (χ1n) is 19.2. The molecule has 1 aromatic heterocycles. The number of aromatic nitrogens is 1. The van der Waals surface area contributed by atoms with Gasteiger partial charge in [-0.05, 0) is 84.2 Å². The van der Waals surface area contributed by atoms with Crippen molar-refractivity contribution in [3.05, 3.63) is 58.6 Å². The minimum Gasteiger partial charge on any atom is -0.494 e. The number of anilines is 1. The molecule has 10 heteroatoms. The number of carbonyl (C=O) groups excluding carboxylic acids is 1. The van der Waals surface area contributed by atoms with Gasteiger partial charge in [-0.25, -0.2) is 9.78 Å². The molecule has 3 aromatic rings. The molecule has 1 amide bonds. The van der Waals surface area contributed by atoms with Crippen molar-refractivity contribution in [3.63, 3.8) is 0 Å². The topological polar surface area (TPSA) is 67.4 Å². The van der Waals surface area contributed by atoms with Gasteiger partial charge in [0.05, 0.1) is 27.9 Å². The molecule has 0 unspecified atom stereocenters. The van der Waals surface area contributed by atoms with Crippen LogP contribution in [0.5, 0.6) is 11.6 Å². The van der Waals surface area contributed by atoms with Crippen molar-refractivity contribution in [2.45, 2.75) is 94.9 Å². The van der Waals surface area contributed by atoms with E-state index >= 15 is 0 Å². The van der Waals surface area contributed by atoms with Crippen LogP contribution in [0.15, 0.2) is 48.5 Å². The minimum atomic E-state index is -0.366. The van der Waals surface area contributed by atoms with E-state index < -0.39 is 0 Å². The van der Waals surface area contributed by atoms with Gasteiger partial charge in [0, 0.05) is 56.8 Å². The molecule has 2 heterocycles. The second-order valence-electron chi connectivity index (χ2n) is 18.8. The normalized spacial score (nSPS) is 14.8. The predicted molar refractivity (Wildman–Crippen MR) is 221 cm³/mol. The molecule has 1 fully saturated rings. The monoisotopic (exact) mass is 770 g/mol. The van der Waals surface area contributed by atoms with Crippen LogP contribution in [-0.2, 0) is 4.74 Å². The second-order valence-corrected chi connectivity index (χ2v) is 19.6. The molecular weight excluding hydrogens is 707 g/mol. The lowest BCUT2D eigenvalue weighted by Crippen LogP contribution is -2.46. The number of amides is 1. The molecule has 1 aliphatic rings. The molecule has 1 saturated heterocycles. The summed E-state index contributed by atoms with van der Waals surface area (Å²) in [4.78, 5) is 24.9. The number of hydrogen-bond acceptors (Lipinski definition) is 7. The number of halogens is 2. The molecule has 0 bridgehead atoms. The summed E-state index contributed by atoms with van der Waals surface area (Å²) >= 11 is 12.7. The zero-order valence-electron chi connectivity index (χ0n) is 34.0. The Hall–Kier alpha value is -2.94. The van der Waals surface area contributed by atoms with Gasteiger partial charge in [0.2, 0.25) is 12.7 Å². The molecule has 8 nitrogen and oxygen atoms in total. The van der Waals surface area contributed by atoms with Gasteiger partial charge in [-0.3, -0.25) is 4.90 Å². The molecule has 0 spiro atoms. The number of hydrogen-bond donors (Lipinski definition) is 0. The highest BCUT2D eigenvalue weighted by molar-refractivity contribution is 6.43. The van der Waals surface area contributed by atoms with Crippen molar-refractivity contribution in [2.75, 3.05) is 64.1 Å². The number of ether oxygens (including phenoxy) is 3. The third-order valence-corrected chi connectivity index (χ3v) is 10.1. The zero-order chi connectivity index (χ0) is 39.0. The molecule has 53 heavy (non-hydrogen) atoms. The number of nitrogens with zero attached hydrogens (tertiary/aromatic N) is 4. The summed E-state index contributed by atoms with van der Waals surface area (Å²) in [5.41, 5.74) is 1.89. The molecule has 0 N–H and O–H groups in total. The molecule has 1 aliphatic heterocycles. The standard InChI is InChI=1S/C43H64Cl2N4O4/c1-40(2,3)27-42(7,8)29-49(30-43(9,10)28-41(4,5)6)39(50)53-31-52-37-19-17-32-16-18-33(26-35(32)46-37)51-25-12-11-20-47-21-23-48(24-22-47)36-15-13-14-34(44)38(36)45/h13-19,26H,11-12,20-25,27-31H2,1-10H3. The molecule has 0 aliphatic carbocycles. The minimum absolute atomic E-state index is 0.0835.